The van der Waals surface area contributed by atoms with Gasteiger partial charge in [0.15, 0.2) is 0 Å². The fourth-order valence-corrected chi connectivity index (χ4v) is 2.36. The van der Waals surface area contributed by atoms with E-state index in [0.29, 0.717) is 17.8 Å². The maximum atomic E-state index is 12.4. The molecule has 0 spiro atoms. The Labute approximate surface area is 107 Å². The van der Waals surface area contributed by atoms with Crippen molar-refractivity contribution in [1.82, 2.24) is 4.90 Å². The number of benzene rings is 1. The van der Waals surface area contributed by atoms with E-state index in [-0.39, 0.29) is 18.6 Å². The highest BCUT2D eigenvalue weighted by atomic mass is 16.3. The number of nitrogens with two attached hydrogens (primary N) is 1. The van der Waals surface area contributed by atoms with E-state index in [1.807, 2.05) is 19.1 Å². The third-order valence-electron chi connectivity index (χ3n) is 3.46. The van der Waals surface area contributed by atoms with E-state index in [9.17, 15) is 4.79 Å². The molecular weight excluding hydrogens is 228 g/mol. The molecule has 0 bridgehead atoms. The van der Waals surface area contributed by atoms with Crippen molar-refractivity contribution in [2.24, 2.45) is 0 Å². The molecule has 1 aromatic carbocycles. The number of amides is 1. The smallest absolute Gasteiger partial charge is 0.254 e. The van der Waals surface area contributed by atoms with Crippen LogP contribution >= 0.6 is 0 Å². The highest BCUT2D eigenvalue weighted by molar-refractivity contribution is 5.95. The summed E-state index contributed by atoms with van der Waals surface area (Å²) in [5, 5.41) is 9.09. The highest BCUT2D eigenvalue weighted by Gasteiger charge is 2.29. The van der Waals surface area contributed by atoms with Crippen molar-refractivity contribution >= 4 is 11.6 Å². The number of aliphatic hydroxyl groups is 1. The number of hydrogen-bond acceptors (Lipinski definition) is 3. The summed E-state index contributed by atoms with van der Waals surface area (Å²) in [5.74, 6) is -0.0239. The van der Waals surface area contributed by atoms with E-state index in [1.165, 1.54) is 0 Å². The highest BCUT2D eigenvalue weighted by Crippen LogP contribution is 2.26. The number of carbonyl (C=O) groups excluding carboxylic acids is 1. The molecule has 1 saturated carbocycles. The summed E-state index contributed by atoms with van der Waals surface area (Å²) < 4.78 is 0. The van der Waals surface area contributed by atoms with E-state index in [4.69, 9.17) is 10.8 Å². The van der Waals surface area contributed by atoms with Crippen LogP contribution in [0.5, 0.6) is 0 Å². The molecule has 1 aliphatic carbocycles. The molecule has 0 unspecified atom stereocenters. The van der Waals surface area contributed by atoms with Gasteiger partial charge in [-0.25, -0.2) is 0 Å². The second-order valence-corrected chi connectivity index (χ2v) is 4.94. The van der Waals surface area contributed by atoms with Gasteiger partial charge >= 0.3 is 0 Å². The zero-order valence-corrected chi connectivity index (χ0v) is 10.7. The van der Waals surface area contributed by atoms with Gasteiger partial charge in [-0.05, 0) is 49.9 Å². The summed E-state index contributed by atoms with van der Waals surface area (Å²) in [6.07, 6.45) is 3.23. The van der Waals surface area contributed by atoms with Crippen LogP contribution in [0.2, 0.25) is 0 Å². The van der Waals surface area contributed by atoms with Gasteiger partial charge in [-0.3, -0.25) is 4.79 Å². The minimum absolute atomic E-state index is 0.00351. The van der Waals surface area contributed by atoms with Crippen molar-refractivity contribution in [3.63, 3.8) is 0 Å². The minimum atomic E-state index is -0.0239. The number of aliphatic hydroxyl groups excluding tert-OH is 1. The number of carbonyl (C=O) groups is 1. The summed E-state index contributed by atoms with van der Waals surface area (Å²) in [6.45, 7) is 2.33. The molecule has 0 saturated heterocycles. The Bertz CT molecular complexity index is 421. The van der Waals surface area contributed by atoms with Crippen LogP contribution < -0.4 is 5.73 Å². The average molecular weight is 248 g/mol. The lowest BCUT2D eigenvalue weighted by atomic mass is 9.91. The molecule has 3 N–H and O–H groups in total. The van der Waals surface area contributed by atoms with Crippen molar-refractivity contribution in [1.29, 1.82) is 0 Å². The molecule has 1 fully saturated rings. The van der Waals surface area contributed by atoms with Crippen molar-refractivity contribution in [2.75, 3.05) is 18.9 Å². The van der Waals surface area contributed by atoms with E-state index < -0.39 is 0 Å². The first-order chi connectivity index (χ1) is 8.61. The first-order valence-electron chi connectivity index (χ1n) is 6.41. The van der Waals surface area contributed by atoms with Crippen LogP contribution in [0.1, 0.15) is 35.2 Å². The summed E-state index contributed by atoms with van der Waals surface area (Å²) in [6, 6.07) is 5.68. The Morgan fingerprint density at radius 3 is 2.67 bits per heavy atom. The predicted molar refractivity (Wildman–Crippen MR) is 71.4 cm³/mol. The van der Waals surface area contributed by atoms with Gasteiger partial charge in [-0.2, -0.15) is 0 Å². The van der Waals surface area contributed by atoms with Crippen molar-refractivity contribution < 1.29 is 9.90 Å². The monoisotopic (exact) mass is 248 g/mol. The Morgan fingerprint density at radius 1 is 1.44 bits per heavy atom. The van der Waals surface area contributed by atoms with E-state index in [0.717, 1.165) is 24.8 Å². The standard InChI is InChI=1S/C14H20N2O2/c1-10-7-11(9-12(15)8-10)14(18)16(5-6-17)13-3-2-4-13/h7-9,13,17H,2-6,15H2,1H3. The minimum Gasteiger partial charge on any atom is -0.399 e. The molecule has 0 aromatic heterocycles. The van der Waals surface area contributed by atoms with Crippen LogP contribution in [-0.4, -0.2) is 35.1 Å². The van der Waals surface area contributed by atoms with Gasteiger partial charge in [-0.15, -0.1) is 0 Å². The number of rotatable bonds is 4. The van der Waals surface area contributed by atoms with Gasteiger partial charge in [0, 0.05) is 23.8 Å². The fraction of sp³-hybridized carbons (Fsp3) is 0.500. The SMILES string of the molecule is Cc1cc(N)cc(C(=O)N(CCO)C2CCC2)c1. The quantitative estimate of drug-likeness (QED) is 0.795. The number of nitrogen functional groups attached to an aromatic ring is 1. The summed E-state index contributed by atoms with van der Waals surface area (Å²) in [4.78, 5) is 14.2. The lowest BCUT2D eigenvalue weighted by Gasteiger charge is -2.37. The number of nitrogens with zero attached hydrogens (tertiary/aromatic N) is 1. The van der Waals surface area contributed by atoms with Crippen LogP contribution in [0, 0.1) is 6.92 Å². The molecular formula is C14H20N2O2. The van der Waals surface area contributed by atoms with Crippen molar-refractivity contribution in [3.8, 4) is 0 Å². The number of anilines is 1. The molecule has 4 heteroatoms. The lowest BCUT2D eigenvalue weighted by Crippen LogP contribution is -2.45. The first kappa shape index (κ1) is 12.9. The summed E-state index contributed by atoms with van der Waals surface area (Å²) in [7, 11) is 0. The summed E-state index contributed by atoms with van der Waals surface area (Å²) >= 11 is 0. The van der Waals surface area contributed by atoms with Crippen LogP contribution in [0.4, 0.5) is 5.69 Å². The molecule has 0 aliphatic heterocycles. The summed E-state index contributed by atoms with van der Waals surface area (Å²) in [5.41, 5.74) is 7.98. The molecule has 1 amide bonds. The van der Waals surface area contributed by atoms with Gasteiger partial charge in [0.2, 0.25) is 0 Å². The second-order valence-electron chi connectivity index (χ2n) is 4.94. The number of hydrogen-bond donors (Lipinski definition) is 2. The molecule has 4 nitrogen and oxygen atoms in total. The van der Waals surface area contributed by atoms with Crippen molar-refractivity contribution in [3.05, 3.63) is 29.3 Å². The molecule has 0 atom stereocenters. The van der Waals surface area contributed by atoms with Crippen LogP contribution in [0.15, 0.2) is 18.2 Å². The van der Waals surface area contributed by atoms with E-state index in [2.05, 4.69) is 0 Å². The normalized spacial score (nSPS) is 15.2. The molecule has 2 rings (SSSR count). The molecule has 0 radical (unpaired) electrons. The molecule has 1 aliphatic rings. The maximum absolute atomic E-state index is 12.4. The van der Waals surface area contributed by atoms with Crippen LogP contribution in [0.3, 0.4) is 0 Å². The van der Waals surface area contributed by atoms with Crippen LogP contribution in [-0.2, 0) is 0 Å². The third kappa shape index (κ3) is 2.64. The third-order valence-corrected chi connectivity index (χ3v) is 3.46. The Hall–Kier alpha value is -1.55. The molecule has 18 heavy (non-hydrogen) atoms. The van der Waals surface area contributed by atoms with Gasteiger partial charge in [-0.1, -0.05) is 0 Å². The number of aryl methyl sites for hydroxylation is 1. The molecule has 98 valence electrons. The average Bonchev–Trinajstić information content (AvgIpc) is 2.23. The topological polar surface area (TPSA) is 66.6 Å². The zero-order chi connectivity index (χ0) is 13.1. The fourth-order valence-electron chi connectivity index (χ4n) is 2.36. The van der Waals surface area contributed by atoms with E-state index >= 15 is 0 Å². The van der Waals surface area contributed by atoms with E-state index in [1.54, 1.807) is 11.0 Å². The van der Waals surface area contributed by atoms with Gasteiger partial charge in [0.1, 0.15) is 0 Å². The zero-order valence-electron chi connectivity index (χ0n) is 10.7. The van der Waals surface area contributed by atoms with Gasteiger partial charge in [0.05, 0.1) is 6.61 Å². The largest absolute Gasteiger partial charge is 0.399 e. The molecule has 0 heterocycles. The molecule has 1 aromatic rings. The van der Waals surface area contributed by atoms with Crippen LogP contribution in [0.25, 0.3) is 0 Å². The Balaban J connectivity index is 2.21. The predicted octanol–water partition coefficient (Wildman–Crippen LogP) is 1.56. The second kappa shape index (κ2) is 5.40. The Morgan fingerprint density at radius 2 is 2.17 bits per heavy atom. The van der Waals surface area contributed by atoms with Crippen molar-refractivity contribution in [2.45, 2.75) is 32.2 Å². The maximum Gasteiger partial charge on any atom is 0.254 e. The van der Waals surface area contributed by atoms with Gasteiger partial charge in [0.25, 0.3) is 5.91 Å². The Kier molecular flexibility index (Phi) is 3.87. The lowest BCUT2D eigenvalue weighted by molar-refractivity contribution is 0.0526. The van der Waals surface area contributed by atoms with Gasteiger partial charge < -0.3 is 15.7 Å². The first-order valence-corrected chi connectivity index (χ1v) is 6.41.